The number of rotatable bonds is 6. The summed E-state index contributed by atoms with van der Waals surface area (Å²) < 4.78 is 25.7. The maximum atomic E-state index is 12.5. The average Bonchev–Trinajstić information content (AvgIpc) is 3.11. The molecule has 0 spiro atoms. The predicted molar refractivity (Wildman–Crippen MR) is 112 cm³/mol. The summed E-state index contributed by atoms with van der Waals surface area (Å²) in [6.07, 6.45) is 1.08. The van der Waals surface area contributed by atoms with Crippen LogP contribution in [0, 0.1) is 13.8 Å². The molecule has 0 saturated heterocycles. The number of hydrogen-bond donors (Lipinski definition) is 1. The lowest BCUT2D eigenvalue weighted by atomic mass is 10.1. The van der Waals surface area contributed by atoms with E-state index in [9.17, 15) is 13.2 Å². The molecule has 1 N–H and O–H groups in total. The normalized spacial score (nSPS) is 11.2. The lowest BCUT2D eigenvalue weighted by molar-refractivity contribution is -0.114. The zero-order chi connectivity index (χ0) is 20.3. The van der Waals surface area contributed by atoms with Crippen molar-refractivity contribution in [2.45, 2.75) is 13.8 Å². The fourth-order valence-electron chi connectivity index (χ4n) is 2.65. The minimum Gasteiger partial charge on any atom is -0.299 e. The number of anilines is 2. The van der Waals surface area contributed by atoms with Crippen molar-refractivity contribution in [1.29, 1.82) is 0 Å². The summed E-state index contributed by atoms with van der Waals surface area (Å²) in [6.45, 7) is 3.38. The zero-order valence-electron chi connectivity index (χ0n) is 15.7. The average molecular weight is 417 g/mol. The molecule has 0 aliphatic heterocycles. The number of nitrogens with one attached hydrogen (secondary N) is 1. The van der Waals surface area contributed by atoms with Crippen LogP contribution in [0.1, 0.15) is 11.1 Å². The van der Waals surface area contributed by atoms with Gasteiger partial charge in [0.2, 0.25) is 21.1 Å². The first-order chi connectivity index (χ1) is 13.3. The molecule has 3 rings (SSSR count). The quantitative estimate of drug-likeness (QED) is 0.666. The summed E-state index contributed by atoms with van der Waals surface area (Å²) in [5.74, 6) is -0.484. The van der Waals surface area contributed by atoms with Crippen LogP contribution in [0.2, 0.25) is 0 Å². The van der Waals surface area contributed by atoms with Gasteiger partial charge in [-0.15, -0.1) is 10.2 Å². The van der Waals surface area contributed by atoms with E-state index in [1.807, 2.05) is 50.2 Å². The van der Waals surface area contributed by atoms with Crippen molar-refractivity contribution in [2.24, 2.45) is 0 Å². The molecule has 28 heavy (non-hydrogen) atoms. The molecule has 0 atom stereocenters. The number of sulfonamides is 1. The minimum atomic E-state index is -3.64. The van der Waals surface area contributed by atoms with Gasteiger partial charge in [0.1, 0.15) is 11.6 Å². The summed E-state index contributed by atoms with van der Waals surface area (Å²) in [7, 11) is -3.64. The van der Waals surface area contributed by atoms with Gasteiger partial charge in [0.15, 0.2) is 0 Å². The second kappa shape index (κ2) is 8.07. The van der Waals surface area contributed by atoms with E-state index in [-0.39, 0.29) is 6.54 Å². The van der Waals surface area contributed by atoms with Crippen LogP contribution in [-0.2, 0) is 14.8 Å². The first-order valence-electron chi connectivity index (χ1n) is 8.48. The third-order valence-electron chi connectivity index (χ3n) is 4.22. The van der Waals surface area contributed by atoms with Crippen molar-refractivity contribution >= 4 is 38.1 Å². The van der Waals surface area contributed by atoms with Crippen LogP contribution < -0.4 is 9.62 Å². The molecule has 0 aliphatic rings. The van der Waals surface area contributed by atoms with Crippen LogP contribution in [0.25, 0.3) is 10.6 Å². The van der Waals surface area contributed by atoms with E-state index in [0.717, 1.165) is 27.3 Å². The van der Waals surface area contributed by atoms with Gasteiger partial charge in [-0.2, -0.15) is 0 Å². The number of carbonyl (C=O) groups is 1. The fourth-order valence-corrected chi connectivity index (χ4v) is 4.32. The molecule has 0 unspecified atom stereocenters. The fraction of sp³-hybridized carbons (Fsp3) is 0.211. The Hall–Kier alpha value is -2.78. The van der Waals surface area contributed by atoms with Crippen LogP contribution >= 0.6 is 11.3 Å². The van der Waals surface area contributed by atoms with E-state index in [2.05, 4.69) is 15.5 Å². The van der Waals surface area contributed by atoms with Gasteiger partial charge in [-0.3, -0.25) is 14.4 Å². The van der Waals surface area contributed by atoms with Gasteiger partial charge in [-0.05, 0) is 31.0 Å². The first kappa shape index (κ1) is 20.0. The number of aromatic nitrogens is 2. The molecule has 1 amide bonds. The number of carbonyl (C=O) groups excluding carboxylic acids is 1. The zero-order valence-corrected chi connectivity index (χ0v) is 17.3. The smallest absolute Gasteiger partial charge is 0.246 e. The number of amides is 1. The van der Waals surface area contributed by atoms with Crippen LogP contribution in [0.15, 0.2) is 48.5 Å². The summed E-state index contributed by atoms with van der Waals surface area (Å²) in [4.78, 5) is 12.5. The van der Waals surface area contributed by atoms with Gasteiger partial charge in [-0.1, -0.05) is 53.8 Å². The van der Waals surface area contributed by atoms with E-state index in [1.165, 1.54) is 11.3 Å². The molecule has 0 bridgehead atoms. The van der Waals surface area contributed by atoms with E-state index in [1.54, 1.807) is 12.1 Å². The molecular weight excluding hydrogens is 396 g/mol. The van der Waals surface area contributed by atoms with Crippen LogP contribution in [0.3, 0.4) is 0 Å². The summed E-state index contributed by atoms with van der Waals surface area (Å²) in [6, 6.07) is 14.8. The van der Waals surface area contributed by atoms with Gasteiger partial charge in [0, 0.05) is 5.56 Å². The lowest BCUT2D eigenvalue weighted by Crippen LogP contribution is -2.38. The molecule has 0 saturated carbocycles. The highest BCUT2D eigenvalue weighted by molar-refractivity contribution is 7.92. The second-order valence-electron chi connectivity index (χ2n) is 6.32. The monoisotopic (exact) mass is 416 g/mol. The van der Waals surface area contributed by atoms with Crippen LogP contribution in [-0.4, -0.2) is 37.3 Å². The van der Waals surface area contributed by atoms with E-state index < -0.39 is 15.9 Å². The molecule has 9 heteroatoms. The third-order valence-corrected chi connectivity index (χ3v) is 6.24. The van der Waals surface area contributed by atoms with Crippen molar-refractivity contribution in [3.8, 4) is 10.6 Å². The first-order valence-corrected chi connectivity index (χ1v) is 11.1. The maximum absolute atomic E-state index is 12.5. The number of hydrogen-bond acceptors (Lipinski definition) is 6. The third kappa shape index (κ3) is 4.55. The van der Waals surface area contributed by atoms with Gasteiger partial charge >= 0.3 is 0 Å². The Kier molecular flexibility index (Phi) is 5.76. The molecule has 3 aromatic rings. The number of nitrogens with zero attached hydrogens (tertiary/aromatic N) is 3. The van der Waals surface area contributed by atoms with Gasteiger partial charge in [0.05, 0.1) is 11.9 Å². The van der Waals surface area contributed by atoms with E-state index in [4.69, 9.17) is 0 Å². The Morgan fingerprint density at radius 3 is 2.46 bits per heavy atom. The largest absolute Gasteiger partial charge is 0.299 e. The minimum absolute atomic E-state index is 0.318. The van der Waals surface area contributed by atoms with E-state index >= 15 is 0 Å². The summed E-state index contributed by atoms with van der Waals surface area (Å²) in [5.41, 5.74) is 3.14. The van der Waals surface area contributed by atoms with Crippen LogP contribution in [0.5, 0.6) is 0 Å². The maximum Gasteiger partial charge on any atom is 0.246 e. The molecule has 146 valence electrons. The SMILES string of the molecule is Cc1cccc(N(CC(=O)Nc2nnc(-c3ccccc3)s2)S(C)(=O)=O)c1C. The Morgan fingerprint density at radius 1 is 1.07 bits per heavy atom. The molecular formula is C19H20N4O3S2. The van der Waals surface area contributed by atoms with Crippen molar-refractivity contribution in [2.75, 3.05) is 22.4 Å². The molecule has 0 aliphatic carbocycles. The lowest BCUT2D eigenvalue weighted by Gasteiger charge is -2.24. The Morgan fingerprint density at radius 2 is 1.79 bits per heavy atom. The number of benzene rings is 2. The molecule has 7 nitrogen and oxygen atoms in total. The van der Waals surface area contributed by atoms with Gasteiger partial charge < -0.3 is 0 Å². The summed E-state index contributed by atoms with van der Waals surface area (Å²) >= 11 is 1.23. The highest BCUT2D eigenvalue weighted by atomic mass is 32.2. The molecule has 1 aromatic heterocycles. The Balaban J connectivity index is 1.78. The molecule has 1 heterocycles. The van der Waals surface area contributed by atoms with E-state index in [0.29, 0.717) is 15.8 Å². The van der Waals surface area contributed by atoms with Crippen molar-refractivity contribution < 1.29 is 13.2 Å². The topological polar surface area (TPSA) is 92.3 Å². The van der Waals surface area contributed by atoms with Crippen LogP contribution in [0.4, 0.5) is 10.8 Å². The van der Waals surface area contributed by atoms with Gasteiger partial charge in [0.25, 0.3) is 0 Å². The molecule has 0 fully saturated rings. The highest BCUT2D eigenvalue weighted by Gasteiger charge is 2.23. The van der Waals surface area contributed by atoms with Crippen molar-refractivity contribution in [3.63, 3.8) is 0 Å². The molecule has 0 radical (unpaired) electrons. The Bertz CT molecular complexity index is 1100. The van der Waals surface area contributed by atoms with Crippen molar-refractivity contribution in [3.05, 3.63) is 59.7 Å². The summed E-state index contributed by atoms with van der Waals surface area (Å²) in [5, 5.41) is 11.7. The predicted octanol–water partition coefficient (Wildman–Crippen LogP) is 3.23. The second-order valence-corrected chi connectivity index (χ2v) is 9.20. The van der Waals surface area contributed by atoms with Crippen molar-refractivity contribution in [1.82, 2.24) is 10.2 Å². The standard InChI is InChI=1S/C19H20N4O3S2/c1-13-8-7-11-16(14(13)2)23(28(3,25)26)12-17(24)20-19-22-21-18(27-19)15-9-5-4-6-10-15/h4-11H,12H2,1-3H3,(H,20,22,24). The van der Waals surface area contributed by atoms with Gasteiger partial charge in [-0.25, -0.2) is 8.42 Å². The highest BCUT2D eigenvalue weighted by Crippen LogP contribution is 2.27. The Labute approximate surface area is 168 Å². The molecule has 2 aromatic carbocycles. The number of aryl methyl sites for hydroxylation is 1.